The van der Waals surface area contributed by atoms with E-state index in [1.54, 1.807) is 5.57 Å². The standard InChI is InChI=1S/C31H52N2O2/c1-21(2)32-16-18-33(19-17-32)29(35)11-6-22(3)26-9-10-27-25-8-7-23-20-24(34)12-14-30(23,4)28(25)13-15-31(26,27)5/h7,21-22,24-28,34H,6,8-20H2,1-5H3/t22?,24-,25-,26+,27-,28-,30-,31+/m0/s1. The quantitative estimate of drug-likeness (QED) is 0.495. The van der Waals surface area contributed by atoms with Crippen molar-refractivity contribution >= 4 is 5.91 Å². The van der Waals surface area contributed by atoms with Gasteiger partial charge in [0.25, 0.3) is 0 Å². The number of nitrogens with zero attached hydrogens (tertiary/aromatic N) is 2. The summed E-state index contributed by atoms with van der Waals surface area (Å²) in [5.41, 5.74) is 2.36. The molecule has 4 nitrogen and oxygen atoms in total. The lowest BCUT2D eigenvalue weighted by atomic mass is 9.47. The van der Waals surface area contributed by atoms with Crippen LogP contribution in [0.5, 0.6) is 0 Å². The number of carbonyl (C=O) groups is 1. The van der Waals surface area contributed by atoms with Crippen molar-refractivity contribution < 1.29 is 9.90 Å². The minimum atomic E-state index is -0.113. The van der Waals surface area contributed by atoms with Crippen LogP contribution in [-0.4, -0.2) is 59.1 Å². The maximum atomic E-state index is 13.0. The Balaban J connectivity index is 1.19. The highest BCUT2D eigenvalue weighted by atomic mass is 16.3. The van der Waals surface area contributed by atoms with Crippen LogP contribution in [0.15, 0.2) is 11.6 Å². The lowest BCUT2D eigenvalue weighted by Crippen LogP contribution is -2.51. The molecule has 5 rings (SSSR count). The van der Waals surface area contributed by atoms with Crippen molar-refractivity contribution in [2.24, 2.45) is 40.4 Å². The van der Waals surface area contributed by atoms with Crippen molar-refractivity contribution in [3.05, 3.63) is 11.6 Å². The second-order valence-electron chi connectivity index (χ2n) is 13.9. The van der Waals surface area contributed by atoms with Gasteiger partial charge in [0.05, 0.1) is 6.10 Å². The number of carbonyl (C=O) groups excluding carboxylic acids is 1. The molecule has 8 atom stereocenters. The van der Waals surface area contributed by atoms with Gasteiger partial charge in [0.15, 0.2) is 0 Å². The zero-order valence-corrected chi connectivity index (χ0v) is 23.3. The molecule has 35 heavy (non-hydrogen) atoms. The molecule has 1 N–H and O–H groups in total. The van der Waals surface area contributed by atoms with Crippen molar-refractivity contribution in [2.75, 3.05) is 26.2 Å². The zero-order valence-electron chi connectivity index (χ0n) is 23.3. The smallest absolute Gasteiger partial charge is 0.222 e. The lowest BCUT2D eigenvalue weighted by Gasteiger charge is -2.58. The predicted molar refractivity (Wildman–Crippen MR) is 143 cm³/mol. The van der Waals surface area contributed by atoms with Gasteiger partial charge < -0.3 is 10.0 Å². The van der Waals surface area contributed by atoms with Gasteiger partial charge in [-0.2, -0.15) is 0 Å². The molecule has 1 aliphatic heterocycles. The van der Waals surface area contributed by atoms with Crippen molar-refractivity contribution in [1.29, 1.82) is 0 Å². The molecule has 198 valence electrons. The number of piperazine rings is 1. The third-order valence-electron chi connectivity index (χ3n) is 12.0. The molecule has 1 unspecified atom stereocenters. The number of rotatable bonds is 5. The fraction of sp³-hybridized carbons (Fsp3) is 0.903. The average Bonchev–Trinajstić information content (AvgIpc) is 3.20. The van der Waals surface area contributed by atoms with Crippen LogP contribution < -0.4 is 0 Å². The Morgan fingerprint density at radius 1 is 1.03 bits per heavy atom. The Kier molecular flexibility index (Phi) is 7.20. The molecular formula is C31H52N2O2. The van der Waals surface area contributed by atoms with Crippen molar-refractivity contribution in [3.8, 4) is 0 Å². The first kappa shape index (κ1) is 25.8. The third-order valence-corrected chi connectivity index (χ3v) is 12.0. The minimum absolute atomic E-state index is 0.113. The Morgan fingerprint density at radius 3 is 2.49 bits per heavy atom. The molecule has 0 spiro atoms. The minimum Gasteiger partial charge on any atom is -0.393 e. The number of amides is 1. The monoisotopic (exact) mass is 484 g/mol. The van der Waals surface area contributed by atoms with E-state index in [0.29, 0.717) is 28.7 Å². The van der Waals surface area contributed by atoms with Crippen molar-refractivity contribution in [3.63, 3.8) is 0 Å². The van der Waals surface area contributed by atoms with E-state index in [2.05, 4.69) is 50.5 Å². The van der Waals surface area contributed by atoms with Gasteiger partial charge in [-0.1, -0.05) is 32.4 Å². The summed E-state index contributed by atoms with van der Waals surface area (Å²) in [4.78, 5) is 17.6. The Labute approximate surface area is 214 Å². The Morgan fingerprint density at radius 2 is 1.77 bits per heavy atom. The normalized spacial score (nSPS) is 42.8. The number of fused-ring (bicyclic) bond motifs is 5. The molecule has 1 amide bonds. The van der Waals surface area contributed by atoms with E-state index in [1.165, 1.54) is 38.5 Å². The van der Waals surface area contributed by atoms with E-state index in [-0.39, 0.29) is 6.10 Å². The summed E-state index contributed by atoms with van der Waals surface area (Å²) in [6.07, 6.45) is 14.0. The highest BCUT2D eigenvalue weighted by molar-refractivity contribution is 5.76. The van der Waals surface area contributed by atoms with Crippen LogP contribution in [0.1, 0.15) is 98.8 Å². The number of allylic oxidation sites excluding steroid dienone is 1. The highest BCUT2D eigenvalue weighted by Crippen LogP contribution is 2.67. The van der Waals surface area contributed by atoms with Crippen LogP contribution in [0.4, 0.5) is 0 Å². The van der Waals surface area contributed by atoms with Gasteiger partial charge in [-0.15, -0.1) is 0 Å². The molecule has 3 saturated carbocycles. The number of aliphatic hydroxyl groups is 1. The van der Waals surface area contributed by atoms with E-state index >= 15 is 0 Å². The topological polar surface area (TPSA) is 43.8 Å². The summed E-state index contributed by atoms with van der Waals surface area (Å²) >= 11 is 0. The second kappa shape index (κ2) is 9.78. The first-order valence-corrected chi connectivity index (χ1v) is 15.0. The predicted octanol–water partition coefficient (Wildman–Crippen LogP) is 5.90. The van der Waals surface area contributed by atoms with E-state index in [1.807, 2.05) is 0 Å². The first-order valence-electron chi connectivity index (χ1n) is 15.0. The van der Waals surface area contributed by atoms with Crippen LogP contribution in [0, 0.1) is 40.4 Å². The van der Waals surface area contributed by atoms with Gasteiger partial charge in [-0.25, -0.2) is 0 Å². The summed E-state index contributed by atoms with van der Waals surface area (Å²) in [6, 6.07) is 0.581. The highest BCUT2D eigenvalue weighted by Gasteiger charge is 2.59. The summed E-state index contributed by atoms with van der Waals surface area (Å²) < 4.78 is 0. The van der Waals surface area contributed by atoms with Gasteiger partial charge in [-0.3, -0.25) is 9.69 Å². The Bertz CT molecular complexity index is 815. The molecule has 4 aliphatic carbocycles. The zero-order chi connectivity index (χ0) is 25.0. The molecule has 1 saturated heterocycles. The van der Waals surface area contributed by atoms with Crippen LogP contribution in [-0.2, 0) is 4.79 Å². The number of hydrogen-bond acceptors (Lipinski definition) is 3. The maximum Gasteiger partial charge on any atom is 0.222 e. The van der Waals surface area contributed by atoms with Crippen LogP contribution in [0.2, 0.25) is 0 Å². The summed E-state index contributed by atoms with van der Waals surface area (Å²) in [7, 11) is 0. The van der Waals surface area contributed by atoms with Crippen molar-refractivity contribution in [1.82, 2.24) is 9.80 Å². The van der Waals surface area contributed by atoms with E-state index < -0.39 is 0 Å². The summed E-state index contributed by atoms with van der Waals surface area (Å²) in [5.74, 6) is 4.28. The average molecular weight is 485 g/mol. The number of aliphatic hydroxyl groups excluding tert-OH is 1. The van der Waals surface area contributed by atoms with Gasteiger partial charge in [0.1, 0.15) is 0 Å². The molecule has 0 radical (unpaired) electrons. The van der Waals surface area contributed by atoms with Crippen LogP contribution in [0.25, 0.3) is 0 Å². The third kappa shape index (κ3) is 4.54. The lowest BCUT2D eigenvalue weighted by molar-refractivity contribution is -0.133. The van der Waals surface area contributed by atoms with Gasteiger partial charge in [0, 0.05) is 38.6 Å². The molecule has 0 aromatic rings. The first-order chi connectivity index (χ1) is 16.6. The molecule has 0 aromatic carbocycles. The fourth-order valence-electron chi connectivity index (χ4n) is 9.82. The molecule has 5 aliphatic rings. The SMILES string of the molecule is CC(CCC(=O)N1CCN(C(C)C)CC1)[C@H]1CC[C@H]2[C@@H]3CC=C4C[C@@H](O)CC[C@]4(C)[C@H]3CC[C@]12C. The van der Waals surface area contributed by atoms with Gasteiger partial charge in [0.2, 0.25) is 5.91 Å². The van der Waals surface area contributed by atoms with Gasteiger partial charge in [-0.05, 0) is 112 Å². The van der Waals surface area contributed by atoms with Crippen LogP contribution in [0.3, 0.4) is 0 Å². The van der Waals surface area contributed by atoms with E-state index in [9.17, 15) is 9.90 Å². The maximum absolute atomic E-state index is 13.0. The largest absolute Gasteiger partial charge is 0.393 e. The molecule has 0 bridgehead atoms. The molecule has 4 fully saturated rings. The van der Waals surface area contributed by atoms with E-state index in [4.69, 9.17) is 0 Å². The van der Waals surface area contributed by atoms with Crippen molar-refractivity contribution in [2.45, 2.75) is 111 Å². The molecule has 1 heterocycles. The molecular weight excluding hydrogens is 432 g/mol. The molecule has 4 heteroatoms. The Hall–Kier alpha value is -0.870. The summed E-state index contributed by atoms with van der Waals surface area (Å²) in [5, 5.41) is 10.3. The van der Waals surface area contributed by atoms with E-state index in [0.717, 1.165) is 75.5 Å². The summed E-state index contributed by atoms with van der Waals surface area (Å²) in [6.45, 7) is 16.0. The molecule has 0 aromatic heterocycles. The fourth-order valence-corrected chi connectivity index (χ4v) is 9.82. The van der Waals surface area contributed by atoms with Crippen LogP contribution >= 0.6 is 0 Å². The second-order valence-corrected chi connectivity index (χ2v) is 13.9. The number of hydrogen-bond donors (Lipinski definition) is 1. The van der Waals surface area contributed by atoms with Gasteiger partial charge >= 0.3 is 0 Å².